The Balaban J connectivity index is 1.42. The van der Waals surface area contributed by atoms with E-state index in [4.69, 9.17) is 4.52 Å². The average Bonchev–Trinajstić information content (AvgIpc) is 3.39. The quantitative estimate of drug-likeness (QED) is 0.657. The van der Waals surface area contributed by atoms with Crippen molar-refractivity contribution in [3.8, 4) is 11.4 Å². The average molecular weight is 377 g/mol. The van der Waals surface area contributed by atoms with Gasteiger partial charge in [-0.25, -0.2) is 0 Å². The zero-order valence-electron chi connectivity index (χ0n) is 15.9. The van der Waals surface area contributed by atoms with E-state index < -0.39 is 0 Å². The molecule has 0 N–H and O–H groups in total. The van der Waals surface area contributed by atoms with Gasteiger partial charge in [0.25, 0.3) is 0 Å². The van der Waals surface area contributed by atoms with Crippen molar-refractivity contribution in [2.75, 3.05) is 20.1 Å². The van der Waals surface area contributed by atoms with Crippen LogP contribution in [0.5, 0.6) is 0 Å². The first kappa shape index (κ1) is 18.3. The van der Waals surface area contributed by atoms with Crippen molar-refractivity contribution >= 4 is 5.91 Å². The molecule has 28 heavy (non-hydrogen) atoms. The van der Waals surface area contributed by atoms with Gasteiger partial charge in [-0.3, -0.25) is 14.7 Å². The lowest BCUT2D eigenvalue weighted by Crippen LogP contribution is -2.38. The van der Waals surface area contributed by atoms with Crippen LogP contribution in [0.1, 0.15) is 30.5 Å². The Labute approximate surface area is 164 Å². The molecule has 3 aromatic rings. The molecular formula is C21H23N5O2. The standard InChI is InChI=1S/C21H23N5O2/c1-25(14-17-10-5-6-12-22-17)15-19(27)26-13-7-11-18(26)21-23-20(24-28-21)16-8-3-2-4-9-16/h2-6,8-10,12,18H,7,11,13-15H2,1H3/t18-/m1/s1. The number of aromatic nitrogens is 3. The maximum Gasteiger partial charge on any atom is 0.249 e. The summed E-state index contributed by atoms with van der Waals surface area (Å²) < 4.78 is 5.51. The van der Waals surface area contributed by atoms with Gasteiger partial charge in [-0.05, 0) is 32.0 Å². The van der Waals surface area contributed by atoms with E-state index in [2.05, 4.69) is 15.1 Å². The van der Waals surface area contributed by atoms with Crippen LogP contribution >= 0.6 is 0 Å². The number of hydrogen-bond acceptors (Lipinski definition) is 6. The molecular weight excluding hydrogens is 354 g/mol. The van der Waals surface area contributed by atoms with Gasteiger partial charge < -0.3 is 9.42 Å². The number of rotatable bonds is 6. The maximum absolute atomic E-state index is 12.9. The number of likely N-dealkylation sites (N-methyl/N-ethyl adjacent to an activating group) is 1. The van der Waals surface area contributed by atoms with Crippen LogP contribution in [0, 0.1) is 0 Å². The summed E-state index contributed by atoms with van der Waals surface area (Å²) in [5, 5.41) is 4.10. The first-order valence-corrected chi connectivity index (χ1v) is 9.47. The van der Waals surface area contributed by atoms with Gasteiger partial charge in [0.1, 0.15) is 6.04 Å². The van der Waals surface area contributed by atoms with Crippen molar-refractivity contribution in [3.63, 3.8) is 0 Å². The summed E-state index contributed by atoms with van der Waals surface area (Å²) in [7, 11) is 1.93. The molecule has 3 heterocycles. The van der Waals surface area contributed by atoms with Gasteiger partial charge in [-0.2, -0.15) is 4.98 Å². The van der Waals surface area contributed by atoms with Gasteiger partial charge in [0.05, 0.1) is 12.2 Å². The molecule has 0 radical (unpaired) electrons. The molecule has 1 fully saturated rings. The molecule has 0 unspecified atom stereocenters. The molecule has 0 bridgehead atoms. The molecule has 1 aliphatic heterocycles. The normalized spacial score (nSPS) is 16.6. The van der Waals surface area contributed by atoms with Gasteiger partial charge >= 0.3 is 0 Å². The first-order valence-electron chi connectivity index (χ1n) is 9.47. The van der Waals surface area contributed by atoms with Gasteiger partial charge in [0.15, 0.2) is 0 Å². The lowest BCUT2D eigenvalue weighted by molar-refractivity contribution is -0.133. The van der Waals surface area contributed by atoms with E-state index in [0.29, 0.717) is 31.3 Å². The number of carbonyl (C=O) groups excluding carboxylic acids is 1. The Kier molecular flexibility index (Phi) is 5.43. The van der Waals surface area contributed by atoms with Gasteiger partial charge in [-0.1, -0.05) is 41.6 Å². The number of amides is 1. The monoisotopic (exact) mass is 377 g/mol. The van der Waals surface area contributed by atoms with E-state index in [1.54, 1.807) is 6.20 Å². The molecule has 7 heteroatoms. The minimum absolute atomic E-state index is 0.0698. The van der Waals surface area contributed by atoms with Crippen molar-refractivity contribution < 1.29 is 9.32 Å². The molecule has 2 aromatic heterocycles. The summed E-state index contributed by atoms with van der Waals surface area (Å²) in [5.41, 5.74) is 1.85. The number of benzene rings is 1. The van der Waals surface area contributed by atoms with E-state index in [0.717, 1.165) is 24.1 Å². The molecule has 4 rings (SSSR count). The van der Waals surface area contributed by atoms with Crippen LogP contribution < -0.4 is 0 Å². The second-order valence-corrected chi connectivity index (χ2v) is 7.06. The molecule has 1 saturated heterocycles. The zero-order valence-corrected chi connectivity index (χ0v) is 15.9. The Morgan fingerprint density at radius 3 is 2.82 bits per heavy atom. The van der Waals surface area contributed by atoms with E-state index in [-0.39, 0.29) is 11.9 Å². The van der Waals surface area contributed by atoms with Crippen molar-refractivity contribution in [3.05, 3.63) is 66.3 Å². The van der Waals surface area contributed by atoms with E-state index in [1.807, 2.05) is 65.4 Å². The number of likely N-dealkylation sites (tertiary alicyclic amines) is 1. The lowest BCUT2D eigenvalue weighted by atomic mass is 10.2. The van der Waals surface area contributed by atoms with Crippen LogP contribution in [-0.2, 0) is 11.3 Å². The van der Waals surface area contributed by atoms with Crippen molar-refractivity contribution in [2.45, 2.75) is 25.4 Å². The highest BCUT2D eigenvalue weighted by molar-refractivity contribution is 5.79. The molecule has 1 amide bonds. The Morgan fingerprint density at radius 2 is 2.04 bits per heavy atom. The van der Waals surface area contributed by atoms with Crippen molar-refractivity contribution in [1.29, 1.82) is 0 Å². The molecule has 7 nitrogen and oxygen atoms in total. The highest BCUT2D eigenvalue weighted by atomic mass is 16.5. The van der Waals surface area contributed by atoms with Crippen LogP contribution in [0.25, 0.3) is 11.4 Å². The first-order chi connectivity index (χ1) is 13.7. The summed E-state index contributed by atoms with van der Waals surface area (Å²) >= 11 is 0. The van der Waals surface area contributed by atoms with Gasteiger partial charge in [0, 0.05) is 24.8 Å². The van der Waals surface area contributed by atoms with Crippen LogP contribution in [0.2, 0.25) is 0 Å². The SMILES string of the molecule is CN(CC(=O)N1CCC[C@@H]1c1nc(-c2ccccc2)no1)Cc1ccccn1. The lowest BCUT2D eigenvalue weighted by Gasteiger charge is -2.25. The Hall–Kier alpha value is -3.06. The fourth-order valence-corrected chi connectivity index (χ4v) is 3.54. The summed E-state index contributed by atoms with van der Waals surface area (Å²) in [6, 6.07) is 15.4. The third-order valence-corrected chi connectivity index (χ3v) is 4.90. The van der Waals surface area contributed by atoms with Crippen molar-refractivity contribution in [1.82, 2.24) is 24.9 Å². The smallest absolute Gasteiger partial charge is 0.249 e. The zero-order chi connectivity index (χ0) is 19.3. The minimum atomic E-state index is -0.152. The second-order valence-electron chi connectivity index (χ2n) is 7.06. The van der Waals surface area contributed by atoms with Crippen LogP contribution in [0.15, 0.2) is 59.3 Å². The van der Waals surface area contributed by atoms with Gasteiger partial charge in [0.2, 0.25) is 17.6 Å². The maximum atomic E-state index is 12.9. The summed E-state index contributed by atoms with van der Waals surface area (Å²) in [5.74, 6) is 1.14. The number of carbonyl (C=O) groups is 1. The predicted octanol–water partition coefficient (Wildman–Crippen LogP) is 2.93. The second kappa shape index (κ2) is 8.31. The fourth-order valence-electron chi connectivity index (χ4n) is 3.54. The highest BCUT2D eigenvalue weighted by Crippen LogP contribution is 2.32. The van der Waals surface area contributed by atoms with E-state index in [1.165, 1.54) is 0 Å². The Morgan fingerprint density at radius 1 is 1.21 bits per heavy atom. The third-order valence-electron chi connectivity index (χ3n) is 4.90. The fraction of sp³-hybridized carbons (Fsp3) is 0.333. The van der Waals surface area contributed by atoms with Gasteiger partial charge in [-0.15, -0.1) is 0 Å². The highest BCUT2D eigenvalue weighted by Gasteiger charge is 2.34. The van der Waals surface area contributed by atoms with Crippen LogP contribution in [-0.4, -0.2) is 51.0 Å². The molecule has 144 valence electrons. The molecule has 1 atom stereocenters. The molecule has 0 spiro atoms. The topological polar surface area (TPSA) is 75.4 Å². The number of hydrogen-bond donors (Lipinski definition) is 0. The molecule has 1 aliphatic rings. The molecule has 1 aromatic carbocycles. The summed E-state index contributed by atoms with van der Waals surface area (Å²) in [6.07, 6.45) is 3.54. The molecule has 0 aliphatic carbocycles. The molecule has 0 saturated carbocycles. The number of nitrogens with zero attached hydrogens (tertiary/aromatic N) is 5. The summed E-state index contributed by atoms with van der Waals surface area (Å²) in [6.45, 7) is 1.67. The van der Waals surface area contributed by atoms with Crippen molar-refractivity contribution in [2.24, 2.45) is 0 Å². The number of pyridine rings is 1. The van der Waals surface area contributed by atoms with E-state index >= 15 is 0 Å². The van der Waals surface area contributed by atoms with Crippen LogP contribution in [0.3, 0.4) is 0 Å². The third kappa shape index (κ3) is 4.09. The summed E-state index contributed by atoms with van der Waals surface area (Å²) in [4.78, 5) is 25.6. The minimum Gasteiger partial charge on any atom is -0.337 e. The van der Waals surface area contributed by atoms with E-state index in [9.17, 15) is 4.79 Å². The predicted molar refractivity (Wildman–Crippen MR) is 104 cm³/mol. The van der Waals surface area contributed by atoms with Crippen LogP contribution in [0.4, 0.5) is 0 Å². The largest absolute Gasteiger partial charge is 0.337 e. The Bertz CT molecular complexity index is 913.